The quantitative estimate of drug-likeness (QED) is 0.417. The molecule has 1 aromatic heterocycles. The summed E-state index contributed by atoms with van der Waals surface area (Å²) >= 11 is 0. The third kappa shape index (κ3) is 4.78. The molecule has 4 aromatic rings. The Balaban J connectivity index is 1.61. The fourth-order valence-corrected chi connectivity index (χ4v) is 4.97. The molecule has 7 nitrogen and oxygen atoms in total. The molecule has 0 saturated carbocycles. The number of anilines is 2. The number of amides is 2. The van der Waals surface area contributed by atoms with Crippen LogP contribution in [-0.4, -0.2) is 24.8 Å². The van der Waals surface area contributed by atoms with Crippen molar-refractivity contribution < 1.29 is 22.4 Å². The molecule has 0 bridgehead atoms. The van der Waals surface area contributed by atoms with Crippen molar-refractivity contribution in [2.45, 2.75) is 23.3 Å². The van der Waals surface area contributed by atoms with Crippen LogP contribution >= 0.6 is 0 Å². The number of benzene rings is 3. The maximum absolute atomic E-state index is 13.3. The van der Waals surface area contributed by atoms with Gasteiger partial charge in [-0.15, -0.1) is 0 Å². The van der Waals surface area contributed by atoms with Crippen LogP contribution in [0.15, 0.2) is 88.8 Å². The molecule has 0 atom stereocenters. The van der Waals surface area contributed by atoms with Gasteiger partial charge in [-0.25, -0.2) is 12.8 Å². The summed E-state index contributed by atoms with van der Waals surface area (Å²) in [6.45, 7) is 1.29. The summed E-state index contributed by atoms with van der Waals surface area (Å²) in [5.41, 5.74) is 1.71. The number of nitrogens with zero attached hydrogens (tertiary/aromatic N) is 1. The van der Waals surface area contributed by atoms with E-state index in [0.717, 1.165) is 12.1 Å². The molecule has 3 aromatic carbocycles. The van der Waals surface area contributed by atoms with Gasteiger partial charge in [0.1, 0.15) is 12.4 Å². The number of carbonyl (C=O) groups is 2. The van der Waals surface area contributed by atoms with Gasteiger partial charge < -0.3 is 15.2 Å². The van der Waals surface area contributed by atoms with E-state index in [-0.39, 0.29) is 28.2 Å². The number of halogens is 1. The molecule has 0 fully saturated rings. The minimum absolute atomic E-state index is 0.0319. The first kappa shape index (κ1) is 22.2. The fourth-order valence-electron chi connectivity index (χ4n) is 3.49. The van der Waals surface area contributed by atoms with Crippen LogP contribution in [0.25, 0.3) is 10.9 Å². The third-order valence-corrected chi connectivity index (χ3v) is 6.77. The number of hydrogen-bond acceptors (Lipinski definition) is 4. The van der Waals surface area contributed by atoms with Gasteiger partial charge in [-0.3, -0.25) is 9.59 Å². The molecule has 0 radical (unpaired) electrons. The Morgan fingerprint density at radius 1 is 0.879 bits per heavy atom. The molecular formula is C24H20FN3O4S. The molecule has 0 aliphatic heterocycles. The lowest BCUT2D eigenvalue weighted by Gasteiger charge is -2.08. The van der Waals surface area contributed by atoms with Crippen LogP contribution < -0.4 is 10.6 Å². The fraction of sp³-hybridized carbons (Fsp3) is 0.0833. The van der Waals surface area contributed by atoms with Crippen LogP contribution in [0, 0.1) is 5.82 Å². The minimum Gasteiger partial charge on any atom is -0.337 e. The maximum Gasteiger partial charge on any atom is 0.244 e. The zero-order chi connectivity index (χ0) is 23.6. The van der Waals surface area contributed by atoms with Crippen LogP contribution in [-0.2, 0) is 26.0 Å². The topological polar surface area (TPSA) is 97.3 Å². The normalized spacial score (nSPS) is 11.3. The van der Waals surface area contributed by atoms with Crippen LogP contribution in [0.4, 0.5) is 15.8 Å². The highest BCUT2D eigenvalue weighted by Gasteiger charge is 2.24. The molecule has 4 rings (SSSR count). The second kappa shape index (κ2) is 8.87. The summed E-state index contributed by atoms with van der Waals surface area (Å²) in [5, 5.41) is 5.87. The Morgan fingerprint density at radius 3 is 2.12 bits per heavy atom. The zero-order valence-corrected chi connectivity index (χ0v) is 18.4. The molecule has 0 saturated heterocycles. The molecule has 0 unspecified atom stereocenters. The number of hydrogen-bond donors (Lipinski definition) is 2. The van der Waals surface area contributed by atoms with Crippen molar-refractivity contribution >= 4 is 43.9 Å². The third-order valence-electron chi connectivity index (χ3n) is 4.97. The molecule has 2 amide bonds. The van der Waals surface area contributed by atoms with E-state index >= 15 is 0 Å². The predicted octanol–water partition coefficient (Wildman–Crippen LogP) is 4.21. The van der Waals surface area contributed by atoms with Gasteiger partial charge in [-0.1, -0.05) is 18.2 Å². The van der Waals surface area contributed by atoms with Crippen molar-refractivity contribution in [1.29, 1.82) is 0 Å². The first-order valence-corrected chi connectivity index (χ1v) is 11.5. The zero-order valence-electron chi connectivity index (χ0n) is 17.6. The van der Waals surface area contributed by atoms with Crippen molar-refractivity contribution in [3.63, 3.8) is 0 Å². The van der Waals surface area contributed by atoms with Gasteiger partial charge in [0.2, 0.25) is 21.7 Å². The molecule has 0 aliphatic rings. The van der Waals surface area contributed by atoms with Crippen molar-refractivity contribution in [2.75, 3.05) is 10.6 Å². The first-order chi connectivity index (χ1) is 15.7. The van der Waals surface area contributed by atoms with E-state index in [9.17, 15) is 22.4 Å². The Hall–Kier alpha value is -3.98. The lowest BCUT2D eigenvalue weighted by atomic mass is 10.2. The van der Waals surface area contributed by atoms with Crippen molar-refractivity contribution in [3.8, 4) is 0 Å². The van der Waals surface area contributed by atoms with E-state index in [1.807, 2.05) is 0 Å². The average Bonchev–Trinajstić information content (AvgIpc) is 3.14. The smallest absolute Gasteiger partial charge is 0.244 e. The molecule has 0 aliphatic carbocycles. The largest absolute Gasteiger partial charge is 0.337 e. The van der Waals surface area contributed by atoms with Crippen LogP contribution in [0.5, 0.6) is 0 Å². The Morgan fingerprint density at radius 2 is 1.48 bits per heavy atom. The van der Waals surface area contributed by atoms with E-state index in [1.54, 1.807) is 53.1 Å². The molecule has 33 heavy (non-hydrogen) atoms. The van der Waals surface area contributed by atoms with E-state index in [4.69, 9.17) is 0 Å². The number of aromatic nitrogens is 1. The summed E-state index contributed by atoms with van der Waals surface area (Å²) in [5.74, 6) is -1.08. The standard InChI is InChI=1S/C24H20FN3O4S/c1-16(29)26-18-8-10-19(11-9-18)27-24(30)15-28-14-23(21-4-2-3-5-22(21)28)33(31,32)20-12-6-17(25)7-13-20/h2-14H,15H2,1H3,(H,26,29)(H,27,30). The SMILES string of the molecule is CC(=O)Nc1ccc(NC(=O)Cn2cc(S(=O)(=O)c3ccc(F)cc3)c3ccccc32)cc1. The van der Waals surface area contributed by atoms with E-state index in [2.05, 4.69) is 10.6 Å². The van der Waals surface area contributed by atoms with Gasteiger partial charge in [-0.05, 0) is 54.6 Å². The molecule has 2 N–H and O–H groups in total. The highest BCUT2D eigenvalue weighted by Crippen LogP contribution is 2.30. The Kier molecular flexibility index (Phi) is 5.97. The molecule has 0 spiro atoms. The number of rotatable bonds is 6. The minimum atomic E-state index is -3.92. The van der Waals surface area contributed by atoms with Crippen molar-refractivity contribution in [2.24, 2.45) is 0 Å². The second-order valence-corrected chi connectivity index (χ2v) is 9.32. The second-order valence-electron chi connectivity index (χ2n) is 7.40. The lowest BCUT2D eigenvalue weighted by molar-refractivity contribution is -0.116. The van der Waals surface area contributed by atoms with Gasteiger partial charge in [0.25, 0.3) is 0 Å². The van der Waals surface area contributed by atoms with Gasteiger partial charge >= 0.3 is 0 Å². The Labute approximate surface area is 189 Å². The van der Waals surface area contributed by atoms with Gasteiger partial charge in [0, 0.05) is 35.4 Å². The van der Waals surface area contributed by atoms with Crippen LogP contribution in [0.3, 0.4) is 0 Å². The van der Waals surface area contributed by atoms with Crippen LogP contribution in [0.2, 0.25) is 0 Å². The van der Waals surface area contributed by atoms with Gasteiger partial charge in [0.15, 0.2) is 0 Å². The number of nitrogens with one attached hydrogen (secondary N) is 2. The highest BCUT2D eigenvalue weighted by atomic mass is 32.2. The molecule has 1 heterocycles. The number of carbonyl (C=O) groups excluding carboxylic acids is 2. The van der Waals surface area contributed by atoms with E-state index < -0.39 is 15.7 Å². The monoisotopic (exact) mass is 465 g/mol. The van der Waals surface area contributed by atoms with E-state index in [0.29, 0.717) is 22.3 Å². The van der Waals surface area contributed by atoms with Gasteiger partial charge in [0.05, 0.1) is 9.79 Å². The predicted molar refractivity (Wildman–Crippen MR) is 123 cm³/mol. The molecular weight excluding hydrogens is 445 g/mol. The molecule has 168 valence electrons. The van der Waals surface area contributed by atoms with Crippen molar-refractivity contribution in [1.82, 2.24) is 4.57 Å². The Bertz CT molecular complexity index is 1440. The van der Waals surface area contributed by atoms with Gasteiger partial charge in [-0.2, -0.15) is 0 Å². The highest BCUT2D eigenvalue weighted by molar-refractivity contribution is 7.91. The average molecular weight is 466 g/mol. The summed E-state index contributed by atoms with van der Waals surface area (Å²) in [6, 6.07) is 18.1. The maximum atomic E-state index is 13.3. The summed E-state index contributed by atoms with van der Waals surface area (Å²) < 4.78 is 41.2. The van der Waals surface area contributed by atoms with Crippen molar-refractivity contribution in [3.05, 3.63) is 84.8 Å². The summed E-state index contributed by atoms with van der Waals surface area (Å²) in [6.07, 6.45) is 1.42. The number of sulfone groups is 1. The molecule has 9 heteroatoms. The number of para-hydroxylation sites is 1. The summed E-state index contributed by atoms with van der Waals surface area (Å²) in [7, 11) is -3.92. The lowest BCUT2D eigenvalue weighted by Crippen LogP contribution is -2.18. The first-order valence-electron chi connectivity index (χ1n) is 10.00. The van der Waals surface area contributed by atoms with Crippen LogP contribution in [0.1, 0.15) is 6.92 Å². The number of fused-ring (bicyclic) bond motifs is 1. The summed E-state index contributed by atoms with van der Waals surface area (Å²) in [4.78, 5) is 23.8. The van der Waals surface area contributed by atoms with E-state index in [1.165, 1.54) is 25.3 Å².